The molecule has 19 heavy (non-hydrogen) atoms. The Morgan fingerprint density at radius 3 is 2.21 bits per heavy atom. The molecule has 2 rings (SSSR count). The minimum absolute atomic E-state index is 0.439. The summed E-state index contributed by atoms with van der Waals surface area (Å²) in [6, 6.07) is 14.4. The van der Waals surface area contributed by atoms with Crippen LogP contribution in [0.4, 0.5) is 5.69 Å². The van der Waals surface area contributed by atoms with E-state index in [9.17, 15) is 0 Å². The molecule has 0 aliphatic carbocycles. The maximum atomic E-state index is 9.01. The lowest BCUT2D eigenvalue weighted by Gasteiger charge is -2.14. The number of benzene rings is 2. The summed E-state index contributed by atoms with van der Waals surface area (Å²) >= 11 is 0. The summed E-state index contributed by atoms with van der Waals surface area (Å²) in [5.74, 6) is 1.39. The molecule has 4 nitrogen and oxygen atoms in total. The van der Waals surface area contributed by atoms with Crippen LogP contribution in [0.3, 0.4) is 0 Å². The van der Waals surface area contributed by atoms with Crippen molar-refractivity contribution in [2.24, 2.45) is 0 Å². The van der Waals surface area contributed by atoms with Gasteiger partial charge >= 0.3 is 7.12 Å². The lowest BCUT2D eigenvalue weighted by atomic mass is 9.80. The zero-order chi connectivity index (χ0) is 13.8. The van der Waals surface area contributed by atoms with Gasteiger partial charge in [-0.1, -0.05) is 18.2 Å². The highest BCUT2D eigenvalue weighted by Crippen LogP contribution is 2.24. The number of rotatable bonds is 4. The lowest BCUT2D eigenvalue weighted by Crippen LogP contribution is -2.29. The first kappa shape index (κ1) is 13.5. The van der Waals surface area contributed by atoms with Gasteiger partial charge in [0.1, 0.15) is 11.5 Å². The minimum Gasteiger partial charge on any atom is -0.457 e. The third kappa shape index (κ3) is 3.50. The maximum absolute atomic E-state index is 9.01. The molecule has 0 heterocycles. The van der Waals surface area contributed by atoms with E-state index in [4.69, 9.17) is 14.8 Å². The molecule has 0 aliphatic rings. The van der Waals surface area contributed by atoms with E-state index in [-0.39, 0.29) is 0 Å². The third-order valence-electron chi connectivity index (χ3n) is 2.75. The van der Waals surface area contributed by atoms with Crippen LogP contribution in [-0.2, 0) is 0 Å². The molecular weight excluding hydrogens is 241 g/mol. The fourth-order valence-corrected chi connectivity index (χ4v) is 1.67. The van der Waals surface area contributed by atoms with Crippen LogP contribution < -0.4 is 15.1 Å². The zero-order valence-electron chi connectivity index (χ0n) is 10.9. The first-order valence-corrected chi connectivity index (χ1v) is 5.97. The van der Waals surface area contributed by atoms with Gasteiger partial charge in [0, 0.05) is 25.8 Å². The Labute approximate surface area is 113 Å². The summed E-state index contributed by atoms with van der Waals surface area (Å²) in [4.78, 5) is 2.00. The molecule has 2 aromatic rings. The quantitative estimate of drug-likeness (QED) is 0.809. The van der Waals surface area contributed by atoms with Crippen LogP contribution in [-0.4, -0.2) is 31.3 Å². The molecule has 0 spiro atoms. The van der Waals surface area contributed by atoms with Crippen LogP contribution in [0.2, 0.25) is 0 Å². The monoisotopic (exact) mass is 257 g/mol. The topological polar surface area (TPSA) is 52.9 Å². The Morgan fingerprint density at radius 2 is 1.63 bits per heavy atom. The molecule has 0 bridgehead atoms. The van der Waals surface area contributed by atoms with Crippen molar-refractivity contribution >= 4 is 18.3 Å². The van der Waals surface area contributed by atoms with E-state index < -0.39 is 7.12 Å². The van der Waals surface area contributed by atoms with E-state index in [2.05, 4.69) is 0 Å². The molecule has 2 aromatic carbocycles. The molecule has 5 heteroatoms. The molecule has 0 aliphatic heterocycles. The molecule has 0 saturated carbocycles. The second-order valence-electron chi connectivity index (χ2n) is 4.44. The highest BCUT2D eigenvalue weighted by atomic mass is 16.5. The molecule has 0 radical (unpaired) electrons. The number of hydrogen-bond donors (Lipinski definition) is 2. The van der Waals surface area contributed by atoms with Gasteiger partial charge in [-0.2, -0.15) is 0 Å². The Kier molecular flexibility index (Phi) is 4.09. The molecule has 0 unspecified atom stereocenters. The summed E-state index contributed by atoms with van der Waals surface area (Å²) < 4.78 is 5.71. The summed E-state index contributed by atoms with van der Waals surface area (Å²) in [5, 5.41) is 18.0. The summed E-state index contributed by atoms with van der Waals surface area (Å²) in [6.07, 6.45) is 0. The van der Waals surface area contributed by atoms with Gasteiger partial charge in [0.15, 0.2) is 0 Å². The van der Waals surface area contributed by atoms with Crippen molar-refractivity contribution in [3.63, 3.8) is 0 Å². The zero-order valence-corrected chi connectivity index (χ0v) is 10.9. The molecule has 0 amide bonds. The summed E-state index contributed by atoms with van der Waals surface area (Å²) in [7, 11) is 2.48. The molecule has 0 aromatic heterocycles. The van der Waals surface area contributed by atoms with Crippen molar-refractivity contribution < 1.29 is 14.8 Å². The molecule has 0 atom stereocenters. The van der Waals surface area contributed by atoms with Crippen molar-refractivity contribution in [2.75, 3.05) is 19.0 Å². The van der Waals surface area contributed by atoms with Crippen LogP contribution in [0.15, 0.2) is 48.5 Å². The first-order valence-electron chi connectivity index (χ1n) is 5.97. The van der Waals surface area contributed by atoms with Gasteiger partial charge in [-0.25, -0.2) is 0 Å². The molecule has 2 N–H and O–H groups in total. The van der Waals surface area contributed by atoms with E-state index in [1.165, 1.54) is 0 Å². The van der Waals surface area contributed by atoms with Gasteiger partial charge < -0.3 is 19.7 Å². The predicted molar refractivity (Wildman–Crippen MR) is 77.1 cm³/mol. The Hall–Kier alpha value is -1.98. The van der Waals surface area contributed by atoms with Crippen LogP contribution >= 0.6 is 0 Å². The van der Waals surface area contributed by atoms with Gasteiger partial charge in [0.25, 0.3) is 0 Å². The molecule has 0 fully saturated rings. The van der Waals surface area contributed by atoms with Crippen molar-refractivity contribution in [1.29, 1.82) is 0 Å². The second-order valence-corrected chi connectivity index (χ2v) is 4.44. The molecular formula is C14H16BNO3. The molecule has 98 valence electrons. The Balaban J connectivity index is 2.14. The van der Waals surface area contributed by atoms with E-state index in [1.54, 1.807) is 24.3 Å². The minimum atomic E-state index is -1.45. The fraction of sp³-hybridized carbons (Fsp3) is 0.143. The second kappa shape index (κ2) is 5.78. The fourth-order valence-electron chi connectivity index (χ4n) is 1.67. The normalized spacial score (nSPS) is 10.1. The summed E-state index contributed by atoms with van der Waals surface area (Å²) in [5.41, 5.74) is 1.49. The van der Waals surface area contributed by atoms with E-state index in [0.29, 0.717) is 11.2 Å². The lowest BCUT2D eigenvalue weighted by molar-refractivity contribution is 0.425. The van der Waals surface area contributed by atoms with Crippen molar-refractivity contribution in [1.82, 2.24) is 0 Å². The van der Waals surface area contributed by atoms with E-state index in [0.717, 1.165) is 11.4 Å². The Morgan fingerprint density at radius 1 is 0.947 bits per heavy atom. The van der Waals surface area contributed by atoms with E-state index >= 15 is 0 Å². The summed E-state index contributed by atoms with van der Waals surface area (Å²) in [6.45, 7) is 0. The molecule has 0 saturated heterocycles. The van der Waals surface area contributed by atoms with Crippen molar-refractivity contribution in [3.05, 3.63) is 48.5 Å². The SMILES string of the molecule is CN(C)c1cccc(Oc2ccc(B(O)O)cc2)c1. The van der Waals surface area contributed by atoms with Crippen molar-refractivity contribution in [2.45, 2.75) is 0 Å². The van der Waals surface area contributed by atoms with Crippen LogP contribution in [0, 0.1) is 0 Å². The third-order valence-corrected chi connectivity index (χ3v) is 2.75. The van der Waals surface area contributed by atoms with Gasteiger partial charge in [-0.3, -0.25) is 0 Å². The van der Waals surface area contributed by atoms with Crippen LogP contribution in [0.25, 0.3) is 0 Å². The van der Waals surface area contributed by atoms with Gasteiger partial charge in [-0.05, 0) is 29.7 Å². The number of ether oxygens (including phenoxy) is 1. The largest absolute Gasteiger partial charge is 0.488 e. The maximum Gasteiger partial charge on any atom is 0.488 e. The van der Waals surface area contributed by atoms with Crippen molar-refractivity contribution in [3.8, 4) is 11.5 Å². The smallest absolute Gasteiger partial charge is 0.457 e. The number of hydrogen-bond acceptors (Lipinski definition) is 4. The average Bonchev–Trinajstić information content (AvgIpc) is 2.39. The van der Waals surface area contributed by atoms with Gasteiger partial charge in [0.05, 0.1) is 0 Å². The number of anilines is 1. The highest BCUT2D eigenvalue weighted by Gasteiger charge is 2.10. The van der Waals surface area contributed by atoms with Crippen LogP contribution in [0.1, 0.15) is 0 Å². The Bertz CT molecular complexity index is 541. The number of nitrogens with zero attached hydrogens (tertiary/aromatic N) is 1. The highest BCUT2D eigenvalue weighted by molar-refractivity contribution is 6.58. The van der Waals surface area contributed by atoms with Crippen LogP contribution in [0.5, 0.6) is 11.5 Å². The first-order chi connectivity index (χ1) is 9.06. The average molecular weight is 257 g/mol. The van der Waals surface area contributed by atoms with Gasteiger partial charge in [0.2, 0.25) is 0 Å². The predicted octanol–water partition coefficient (Wildman–Crippen LogP) is 1.22. The van der Waals surface area contributed by atoms with Gasteiger partial charge in [-0.15, -0.1) is 0 Å². The standard InChI is InChI=1S/C14H16BNO3/c1-16(2)12-4-3-5-14(10-12)19-13-8-6-11(7-9-13)15(17)18/h3-10,17-18H,1-2H3. The van der Waals surface area contributed by atoms with E-state index in [1.807, 2.05) is 43.3 Å².